The molecule has 0 aromatic carbocycles. The third-order valence-corrected chi connectivity index (χ3v) is 5.85. The number of hydrogen-bond acceptors (Lipinski definition) is 7. The van der Waals surface area contributed by atoms with Crippen LogP contribution in [-0.2, 0) is 0 Å². The van der Waals surface area contributed by atoms with Crippen molar-refractivity contribution in [2.24, 2.45) is 4.99 Å². The van der Waals surface area contributed by atoms with E-state index >= 15 is 0 Å². The van der Waals surface area contributed by atoms with E-state index in [4.69, 9.17) is 10.3 Å². The van der Waals surface area contributed by atoms with Crippen molar-refractivity contribution in [2.75, 3.05) is 0 Å². The van der Waals surface area contributed by atoms with Gasteiger partial charge in [-0.25, -0.2) is 0 Å². The Morgan fingerprint density at radius 3 is 2.70 bits per heavy atom. The smallest absolute Gasteiger partial charge is 0.162 e. The van der Waals surface area contributed by atoms with Gasteiger partial charge < -0.3 is 4.90 Å². The van der Waals surface area contributed by atoms with Gasteiger partial charge in [0, 0.05) is 0 Å². The van der Waals surface area contributed by atoms with Gasteiger partial charge in [0.1, 0.15) is 18.2 Å². The van der Waals surface area contributed by atoms with Crippen LogP contribution in [0, 0.1) is 22.7 Å². The van der Waals surface area contributed by atoms with E-state index in [2.05, 4.69) is 27.7 Å². The van der Waals surface area contributed by atoms with Crippen LogP contribution in [-0.4, -0.2) is 45.8 Å². The van der Waals surface area contributed by atoms with Crippen molar-refractivity contribution in [3.05, 3.63) is 0 Å². The average molecular weight is 288 g/mol. The maximum Gasteiger partial charge on any atom is 0.162 e. The molecule has 1 aliphatic carbocycles. The van der Waals surface area contributed by atoms with Crippen LogP contribution in [0.3, 0.4) is 0 Å². The highest BCUT2D eigenvalue weighted by Gasteiger charge is 2.52. The second-order valence-electron chi connectivity index (χ2n) is 5.77. The minimum absolute atomic E-state index is 0.0844. The molecule has 6 nitrogen and oxygen atoms in total. The van der Waals surface area contributed by atoms with Crippen molar-refractivity contribution in [1.29, 1.82) is 10.5 Å². The molecular weight excluding hydrogens is 272 g/mol. The normalized spacial score (nSPS) is 45.7. The van der Waals surface area contributed by atoms with Gasteiger partial charge in [-0.1, -0.05) is 24.6 Å². The standard InChI is InChI=1S/C13H16N6S/c14-5-8-9(6-15)17-12-11(16-8)19-10-4-2-1-3-7(10)18-13(19)20-12/h7-12,16-17H,1-4H2. The Kier molecular flexibility index (Phi) is 2.88. The van der Waals surface area contributed by atoms with Gasteiger partial charge in [-0.2, -0.15) is 10.5 Å². The zero-order chi connectivity index (χ0) is 13.7. The fourth-order valence-electron chi connectivity index (χ4n) is 3.73. The Hall–Kier alpha value is -1.28. The molecule has 2 N–H and O–H groups in total. The molecule has 2 saturated heterocycles. The van der Waals surface area contributed by atoms with E-state index in [1.807, 2.05) is 0 Å². The number of hydrogen-bond donors (Lipinski definition) is 2. The Labute approximate surface area is 122 Å². The predicted molar refractivity (Wildman–Crippen MR) is 75.6 cm³/mol. The summed E-state index contributed by atoms with van der Waals surface area (Å²) in [7, 11) is 0. The summed E-state index contributed by atoms with van der Waals surface area (Å²) in [6, 6.07) is 4.38. The fraction of sp³-hybridized carbons (Fsp3) is 0.769. The van der Waals surface area contributed by atoms with E-state index in [1.165, 1.54) is 25.7 Å². The minimum atomic E-state index is -0.455. The number of aliphatic imine (C=N–C) groups is 1. The third kappa shape index (κ3) is 1.67. The molecule has 0 spiro atoms. The number of thioether (sulfide) groups is 1. The summed E-state index contributed by atoms with van der Waals surface area (Å²) in [5.74, 6) is 0. The topological polar surface area (TPSA) is 87.2 Å². The molecule has 0 aromatic heterocycles. The van der Waals surface area contributed by atoms with Gasteiger partial charge in [0.2, 0.25) is 0 Å². The first-order chi connectivity index (χ1) is 9.81. The Morgan fingerprint density at radius 1 is 1.15 bits per heavy atom. The largest absolute Gasteiger partial charge is 0.328 e. The Bertz CT molecular complexity index is 534. The lowest BCUT2D eigenvalue weighted by molar-refractivity contribution is 0.139. The summed E-state index contributed by atoms with van der Waals surface area (Å²) in [5, 5.41) is 26.2. The van der Waals surface area contributed by atoms with Gasteiger partial charge in [0.15, 0.2) is 5.17 Å². The molecular formula is C13H16N6S. The van der Waals surface area contributed by atoms with Gasteiger partial charge in [0.25, 0.3) is 0 Å². The number of nitrogens with one attached hydrogen (secondary N) is 2. The summed E-state index contributed by atoms with van der Waals surface area (Å²) in [4.78, 5) is 7.22. The Balaban J connectivity index is 1.61. The van der Waals surface area contributed by atoms with Crippen molar-refractivity contribution in [1.82, 2.24) is 15.5 Å². The molecule has 20 heavy (non-hydrogen) atoms. The summed E-state index contributed by atoms with van der Waals surface area (Å²) < 4.78 is 0. The van der Waals surface area contributed by atoms with Gasteiger partial charge >= 0.3 is 0 Å². The molecule has 3 heterocycles. The molecule has 104 valence electrons. The lowest BCUT2D eigenvalue weighted by atomic mass is 9.90. The molecule has 0 bridgehead atoms. The molecule has 0 radical (unpaired) electrons. The molecule has 6 unspecified atom stereocenters. The number of nitrogens with zero attached hydrogens (tertiary/aromatic N) is 4. The van der Waals surface area contributed by atoms with Gasteiger partial charge in [-0.3, -0.25) is 15.6 Å². The summed E-state index contributed by atoms with van der Waals surface area (Å²) in [5.41, 5.74) is 0. The van der Waals surface area contributed by atoms with Crippen LogP contribution in [0.5, 0.6) is 0 Å². The van der Waals surface area contributed by atoms with Crippen molar-refractivity contribution >= 4 is 16.9 Å². The minimum Gasteiger partial charge on any atom is -0.328 e. The second kappa shape index (κ2) is 4.63. The van der Waals surface area contributed by atoms with Gasteiger partial charge in [-0.05, 0) is 12.8 Å². The van der Waals surface area contributed by atoms with Crippen LogP contribution < -0.4 is 10.6 Å². The van der Waals surface area contributed by atoms with Crippen LogP contribution in [0.4, 0.5) is 0 Å². The van der Waals surface area contributed by atoms with Crippen LogP contribution in [0.25, 0.3) is 0 Å². The maximum atomic E-state index is 9.23. The average Bonchev–Trinajstić information content (AvgIpc) is 3.00. The number of fused-ring (bicyclic) bond motifs is 5. The van der Waals surface area contributed by atoms with Crippen LogP contribution in [0.1, 0.15) is 25.7 Å². The van der Waals surface area contributed by atoms with Gasteiger partial charge in [0.05, 0.1) is 29.6 Å². The monoisotopic (exact) mass is 288 g/mol. The van der Waals surface area contributed by atoms with Crippen molar-refractivity contribution in [2.45, 2.75) is 61.4 Å². The van der Waals surface area contributed by atoms with E-state index < -0.39 is 12.1 Å². The quantitative estimate of drug-likeness (QED) is 0.668. The van der Waals surface area contributed by atoms with Crippen molar-refractivity contribution in [3.8, 4) is 12.1 Å². The molecule has 6 atom stereocenters. The van der Waals surface area contributed by atoms with Crippen LogP contribution in [0.2, 0.25) is 0 Å². The zero-order valence-corrected chi connectivity index (χ0v) is 11.8. The van der Waals surface area contributed by atoms with Crippen LogP contribution in [0.15, 0.2) is 4.99 Å². The van der Waals surface area contributed by atoms with E-state index in [1.54, 1.807) is 11.8 Å². The lowest BCUT2D eigenvalue weighted by Gasteiger charge is -2.41. The molecule has 0 aromatic rings. The summed E-state index contributed by atoms with van der Waals surface area (Å²) in [6.45, 7) is 0. The first-order valence-corrected chi connectivity index (χ1v) is 8.04. The van der Waals surface area contributed by atoms with E-state index in [-0.39, 0.29) is 11.5 Å². The fourth-order valence-corrected chi connectivity index (χ4v) is 5.07. The molecule has 7 heteroatoms. The number of piperazine rings is 1. The molecule has 4 aliphatic rings. The van der Waals surface area contributed by atoms with Crippen LogP contribution >= 0.6 is 11.8 Å². The Morgan fingerprint density at radius 2 is 1.90 bits per heavy atom. The maximum absolute atomic E-state index is 9.23. The molecule has 1 saturated carbocycles. The highest BCUT2D eigenvalue weighted by molar-refractivity contribution is 8.14. The highest BCUT2D eigenvalue weighted by Crippen LogP contribution is 2.42. The van der Waals surface area contributed by atoms with E-state index in [0.717, 1.165) is 5.17 Å². The third-order valence-electron chi connectivity index (χ3n) is 4.67. The first kappa shape index (κ1) is 12.5. The number of rotatable bonds is 0. The summed E-state index contributed by atoms with van der Waals surface area (Å²) >= 11 is 1.70. The van der Waals surface area contributed by atoms with E-state index in [9.17, 15) is 5.26 Å². The molecule has 3 fully saturated rings. The van der Waals surface area contributed by atoms with Crippen molar-refractivity contribution in [3.63, 3.8) is 0 Å². The molecule has 4 rings (SSSR count). The highest BCUT2D eigenvalue weighted by atomic mass is 32.2. The molecule has 0 amide bonds. The summed E-state index contributed by atoms with van der Waals surface area (Å²) in [6.07, 6.45) is 4.98. The number of nitriles is 2. The second-order valence-corrected chi connectivity index (χ2v) is 6.88. The first-order valence-electron chi connectivity index (χ1n) is 7.16. The number of amidine groups is 1. The van der Waals surface area contributed by atoms with E-state index in [0.29, 0.717) is 12.1 Å². The molecule has 3 aliphatic heterocycles. The predicted octanol–water partition coefficient (Wildman–Crippen LogP) is 0.345. The lowest BCUT2D eigenvalue weighted by Crippen LogP contribution is -2.67. The van der Waals surface area contributed by atoms with Gasteiger partial charge in [-0.15, -0.1) is 0 Å². The SMILES string of the molecule is N#CC1NC2SC3=NC4CCCCC4N3C2NC1C#N. The van der Waals surface area contributed by atoms with Crippen molar-refractivity contribution < 1.29 is 0 Å². The zero-order valence-electron chi connectivity index (χ0n) is 11.0.